The van der Waals surface area contributed by atoms with E-state index >= 15 is 0 Å². The Labute approximate surface area is 181 Å². The van der Waals surface area contributed by atoms with Gasteiger partial charge in [-0.1, -0.05) is 47.5 Å². The number of amides is 1. The zero-order valence-corrected chi connectivity index (χ0v) is 18.5. The van der Waals surface area contributed by atoms with Crippen molar-refractivity contribution in [2.75, 3.05) is 19.6 Å². The van der Waals surface area contributed by atoms with Crippen LogP contribution in [0, 0.1) is 5.92 Å². The van der Waals surface area contributed by atoms with Gasteiger partial charge in [0.05, 0.1) is 14.9 Å². The molecule has 1 heterocycles. The van der Waals surface area contributed by atoms with Crippen LogP contribution in [0.3, 0.4) is 0 Å². The predicted molar refractivity (Wildman–Crippen MR) is 116 cm³/mol. The molecule has 1 fully saturated rings. The number of halogens is 2. The predicted octanol–water partition coefficient (Wildman–Crippen LogP) is 3.79. The zero-order valence-electron chi connectivity index (χ0n) is 16.1. The lowest BCUT2D eigenvalue weighted by Crippen LogP contribution is -2.40. The third-order valence-electron chi connectivity index (χ3n) is 5.23. The van der Waals surface area contributed by atoms with Gasteiger partial charge in [0.1, 0.15) is 5.25 Å². The van der Waals surface area contributed by atoms with E-state index in [4.69, 9.17) is 23.2 Å². The molecule has 3 rings (SSSR count). The average Bonchev–Trinajstić information content (AvgIpc) is 3.16. The maximum absolute atomic E-state index is 12.6. The highest BCUT2D eigenvalue weighted by Gasteiger charge is 2.30. The van der Waals surface area contributed by atoms with Crippen molar-refractivity contribution in [3.63, 3.8) is 0 Å². The molecule has 0 radical (unpaired) electrons. The van der Waals surface area contributed by atoms with Gasteiger partial charge >= 0.3 is 0 Å². The van der Waals surface area contributed by atoms with Crippen LogP contribution in [0.2, 0.25) is 10.0 Å². The molecule has 2 aromatic carbocycles. The number of likely N-dealkylation sites (tertiary alicyclic amines) is 1. The molecule has 1 aliphatic heterocycles. The van der Waals surface area contributed by atoms with Crippen LogP contribution >= 0.6 is 23.2 Å². The summed E-state index contributed by atoms with van der Waals surface area (Å²) in [6, 6.07) is 13.7. The smallest absolute Gasteiger partial charge is 0.238 e. The van der Waals surface area contributed by atoms with E-state index in [1.807, 2.05) is 12.1 Å². The van der Waals surface area contributed by atoms with Gasteiger partial charge in [0, 0.05) is 19.6 Å². The van der Waals surface area contributed by atoms with Crippen LogP contribution < -0.4 is 5.32 Å². The highest BCUT2D eigenvalue weighted by Crippen LogP contribution is 2.25. The molecule has 0 bridgehead atoms. The largest absolute Gasteiger partial charge is 0.355 e. The average molecular weight is 455 g/mol. The summed E-state index contributed by atoms with van der Waals surface area (Å²) >= 11 is 12.0. The van der Waals surface area contributed by atoms with E-state index in [0.29, 0.717) is 16.6 Å². The number of nitrogens with one attached hydrogen (secondary N) is 1. The molecule has 8 heteroatoms. The summed E-state index contributed by atoms with van der Waals surface area (Å²) in [7, 11) is -3.69. The monoisotopic (exact) mass is 454 g/mol. The normalized spacial score (nSPS) is 18.5. The lowest BCUT2D eigenvalue weighted by Gasteiger charge is -2.18. The van der Waals surface area contributed by atoms with Crippen LogP contribution in [-0.4, -0.2) is 44.1 Å². The van der Waals surface area contributed by atoms with Crippen molar-refractivity contribution in [2.24, 2.45) is 5.92 Å². The van der Waals surface area contributed by atoms with Gasteiger partial charge in [-0.3, -0.25) is 9.69 Å². The van der Waals surface area contributed by atoms with Gasteiger partial charge in [0.25, 0.3) is 0 Å². The van der Waals surface area contributed by atoms with Crippen LogP contribution in [0.25, 0.3) is 0 Å². The van der Waals surface area contributed by atoms with Crippen molar-refractivity contribution in [1.82, 2.24) is 10.2 Å². The summed E-state index contributed by atoms with van der Waals surface area (Å²) in [6.45, 7) is 4.41. The first kappa shape index (κ1) is 22.1. The van der Waals surface area contributed by atoms with Crippen molar-refractivity contribution >= 4 is 38.9 Å². The van der Waals surface area contributed by atoms with Gasteiger partial charge in [-0.25, -0.2) is 8.42 Å². The molecule has 2 atom stereocenters. The molecule has 0 aromatic heterocycles. The molecule has 5 nitrogen and oxygen atoms in total. The number of carbonyl (C=O) groups is 1. The molecule has 2 unspecified atom stereocenters. The molecule has 1 amide bonds. The standard InChI is InChI=1S/C21H24Cl2N2O3S/c1-15(29(27,28)18-5-3-2-4-6-18)21(26)24-12-17-9-10-25(14-17)13-16-7-8-19(22)20(23)11-16/h2-8,11,15,17H,9-10,12-14H2,1H3,(H,24,26). The number of nitrogens with zero attached hydrogens (tertiary/aromatic N) is 1. The Balaban J connectivity index is 1.50. The molecule has 1 saturated heterocycles. The minimum Gasteiger partial charge on any atom is -0.355 e. The second-order valence-corrected chi connectivity index (χ2v) is 10.5. The first-order valence-electron chi connectivity index (χ1n) is 9.50. The Bertz CT molecular complexity index is 967. The fraction of sp³-hybridized carbons (Fsp3) is 0.381. The molecular formula is C21H24Cl2N2O3S. The quantitative estimate of drug-likeness (QED) is 0.690. The topological polar surface area (TPSA) is 66.5 Å². The van der Waals surface area contributed by atoms with Crippen LogP contribution in [0.4, 0.5) is 0 Å². The van der Waals surface area contributed by atoms with Crippen molar-refractivity contribution in [1.29, 1.82) is 0 Å². The lowest BCUT2D eigenvalue weighted by molar-refractivity contribution is -0.120. The van der Waals surface area contributed by atoms with E-state index in [1.54, 1.807) is 24.3 Å². The van der Waals surface area contributed by atoms with E-state index in [9.17, 15) is 13.2 Å². The molecule has 0 aliphatic carbocycles. The SMILES string of the molecule is CC(C(=O)NCC1CCN(Cc2ccc(Cl)c(Cl)c2)C1)S(=O)(=O)c1ccccc1. The van der Waals surface area contributed by atoms with E-state index in [2.05, 4.69) is 10.2 Å². The fourth-order valence-electron chi connectivity index (χ4n) is 3.46. The maximum Gasteiger partial charge on any atom is 0.238 e. The number of hydrogen-bond acceptors (Lipinski definition) is 4. The Morgan fingerprint density at radius 1 is 1.17 bits per heavy atom. The number of benzene rings is 2. The number of sulfone groups is 1. The molecule has 156 valence electrons. The second-order valence-electron chi connectivity index (χ2n) is 7.38. The zero-order chi connectivity index (χ0) is 21.0. The van der Waals surface area contributed by atoms with E-state index in [0.717, 1.165) is 31.6 Å². The first-order chi connectivity index (χ1) is 13.8. The molecule has 1 N–H and O–H groups in total. The minimum absolute atomic E-state index is 0.163. The van der Waals surface area contributed by atoms with Crippen LogP contribution in [0.5, 0.6) is 0 Å². The second kappa shape index (κ2) is 9.47. The van der Waals surface area contributed by atoms with E-state index in [-0.39, 0.29) is 10.8 Å². The van der Waals surface area contributed by atoms with E-state index in [1.165, 1.54) is 19.1 Å². The van der Waals surface area contributed by atoms with Crippen molar-refractivity contribution in [3.05, 3.63) is 64.1 Å². The van der Waals surface area contributed by atoms with Gasteiger partial charge in [0.2, 0.25) is 5.91 Å². The summed E-state index contributed by atoms with van der Waals surface area (Å²) in [5.74, 6) is -0.176. The van der Waals surface area contributed by atoms with Crippen molar-refractivity contribution < 1.29 is 13.2 Å². The van der Waals surface area contributed by atoms with Crippen LogP contribution in [0.15, 0.2) is 53.4 Å². The van der Waals surface area contributed by atoms with Gasteiger partial charge in [-0.05, 0) is 55.6 Å². The first-order valence-corrected chi connectivity index (χ1v) is 11.8. The fourth-order valence-corrected chi connectivity index (χ4v) is 5.09. The van der Waals surface area contributed by atoms with Crippen molar-refractivity contribution in [2.45, 2.75) is 30.0 Å². The summed E-state index contributed by atoms with van der Waals surface area (Å²) < 4.78 is 25.2. The number of carbonyl (C=O) groups excluding carboxylic acids is 1. The Hall–Kier alpha value is -1.60. The number of rotatable bonds is 7. The highest BCUT2D eigenvalue weighted by molar-refractivity contribution is 7.92. The molecular weight excluding hydrogens is 431 g/mol. The number of hydrogen-bond donors (Lipinski definition) is 1. The summed E-state index contributed by atoms with van der Waals surface area (Å²) in [4.78, 5) is 14.9. The van der Waals surface area contributed by atoms with Crippen LogP contribution in [-0.2, 0) is 21.2 Å². The molecule has 29 heavy (non-hydrogen) atoms. The molecule has 1 aliphatic rings. The third kappa shape index (κ3) is 5.51. The van der Waals surface area contributed by atoms with Gasteiger partial charge in [0.15, 0.2) is 9.84 Å². The summed E-state index contributed by atoms with van der Waals surface area (Å²) in [5, 5.41) is 2.77. The van der Waals surface area contributed by atoms with Gasteiger partial charge in [-0.2, -0.15) is 0 Å². The minimum atomic E-state index is -3.69. The highest BCUT2D eigenvalue weighted by atomic mass is 35.5. The molecule has 2 aromatic rings. The Morgan fingerprint density at radius 2 is 1.90 bits per heavy atom. The summed E-state index contributed by atoms with van der Waals surface area (Å²) in [5.41, 5.74) is 1.09. The van der Waals surface area contributed by atoms with E-state index < -0.39 is 21.0 Å². The Kier molecular flexibility index (Phi) is 7.22. The molecule has 0 spiro atoms. The van der Waals surface area contributed by atoms with Crippen molar-refractivity contribution in [3.8, 4) is 0 Å². The third-order valence-corrected chi connectivity index (χ3v) is 8.04. The Morgan fingerprint density at radius 3 is 2.59 bits per heavy atom. The summed E-state index contributed by atoms with van der Waals surface area (Å²) in [6.07, 6.45) is 0.946. The van der Waals surface area contributed by atoms with Gasteiger partial charge < -0.3 is 5.32 Å². The lowest BCUT2D eigenvalue weighted by atomic mass is 10.1. The molecule has 0 saturated carbocycles. The van der Waals surface area contributed by atoms with Gasteiger partial charge in [-0.15, -0.1) is 0 Å². The van der Waals surface area contributed by atoms with Crippen LogP contribution in [0.1, 0.15) is 18.9 Å². The maximum atomic E-state index is 12.6.